The van der Waals surface area contributed by atoms with Crippen molar-refractivity contribution < 1.29 is 32.3 Å². The van der Waals surface area contributed by atoms with Crippen LogP contribution in [0.25, 0.3) is 12.2 Å². The van der Waals surface area contributed by atoms with Gasteiger partial charge < -0.3 is 0 Å². The van der Waals surface area contributed by atoms with Crippen molar-refractivity contribution >= 4 is 46.9 Å². The molecule has 0 amide bonds. The molecule has 2 aliphatic rings. The fraction of sp³-hybridized carbons (Fsp3) is 0.0851. The first-order valence-electron chi connectivity index (χ1n) is 17.3. The van der Waals surface area contributed by atoms with Gasteiger partial charge in [-0.15, -0.1) is 0 Å². The molecule has 0 bridgehead atoms. The topological polar surface area (TPSA) is 43.4 Å². The van der Waals surface area contributed by atoms with E-state index in [1.54, 1.807) is 30.1 Å². The van der Waals surface area contributed by atoms with Crippen molar-refractivity contribution in [2.45, 2.75) is 13.8 Å². The molecule has 1 saturated heterocycles. The zero-order valence-corrected chi connectivity index (χ0v) is 32.5. The molecule has 5 aromatic rings. The molecule has 1 fully saturated rings. The third-order valence-corrected chi connectivity index (χ3v) is 15.0. The van der Waals surface area contributed by atoms with Crippen LogP contribution in [0.5, 0.6) is 0 Å². The summed E-state index contributed by atoms with van der Waals surface area (Å²) < 4.78 is 9.71. The van der Waals surface area contributed by atoms with Gasteiger partial charge in [0.2, 0.25) is 0 Å². The van der Waals surface area contributed by atoms with Gasteiger partial charge in [-0.05, 0) is 12.5 Å². The summed E-state index contributed by atoms with van der Waals surface area (Å²) in [6.45, 7) is 5.08. The van der Waals surface area contributed by atoms with Gasteiger partial charge in [-0.1, -0.05) is 12.2 Å². The van der Waals surface area contributed by atoms with E-state index in [-0.39, 0.29) is 11.6 Å². The molecule has 1 aliphatic carbocycles. The van der Waals surface area contributed by atoms with E-state index in [0.29, 0.717) is 35.5 Å². The molecule has 0 saturated carbocycles. The third-order valence-electron chi connectivity index (χ3n) is 9.61. The second-order valence-electron chi connectivity index (χ2n) is 12.6. The molecule has 255 valence electrons. The van der Waals surface area contributed by atoms with Gasteiger partial charge in [-0.25, -0.2) is 0 Å². The molecule has 0 N–H and O–H groups in total. The Bertz CT molecular complexity index is 2280. The van der Waals surface area contributed by atoms with E-state index in [1.165, 1.54) is 21.5 Å². The Morgan fingerprint density at radius 2 is 1.12 bits per heavy atom. The summed E-state index contributed by atoms with van der Waals surface area (Å²) in [5, 5.41) is 4.80. The Hall–Kier alpha value is -5.05. The molecule has 0 aromatic heterocycles. The van der Waals surface area contributed by atoms with Gasteiger partial charge in [0.05, 0.1) is 0 Å². The average Bonchev–Trinajstić information content (AvgIpc) is 3.66. The molecule has 0 spiro atoms. The number of carbonyl (C=O) groups excluding carboxylic acids is 2. The minimum atomic E-state index is -2.49. The Labute approximate surface area is 316 Å². The van der Waals surface area contributed by atoms with Gasteiger partial charge in [0.1, 0.15) is 0 Å². The molecule has 1 aliphatic heterocycles. The number of ether oxygens (including phenoxy) is 1. The van der Waals surface area contributed by atoms with Crippen LogP contribution in [-0.2, 0) is 22.7 Å². The monoisotopic (exact) mass is 872 g/mol. The second kappa shape index (κ2) is 15.7. The van der Waals surface area contributed by atoms with Crippen molar-refractivity contribution in [2.24, 2.45) is 0 Å². The fourth-order valence-corrected chi connectivity index (χ4v) is 12.9. The van der Waals surface area contributed by atoms with Gasteiger partial charge in [-0.2, -0.15) is 0 Å². The molecule has 3 nitrogen and oxygen atoms in total. The van der Waals surface area contributed by atoms with E-state index in [0.717, 1.165) is 27.6 Å². The van der Waals surface area contributed by atoms with Crippen LogP contribution in [0.15, 0.2) is 174 Å². The van der Waals surface area contributed by atoms with Crippen LogP contribution < -0.4 is 15.9 Å². The van der Waals surface area contributed by atoms with E-state index >= 15 is 0 Å². The predicted molar refractivity (Wildman–Crippen MR) is 212 cm³/mol. The quantitative estimate of drug-likeness (QED) is 0.113. The maximum absolute atomic E-state index is 13.8. The summed E-state index contributed by atoms with van der Waals surface area (Å²) in [6.07, 6.45) is 12.4. The summed E-state index contributed by atoms with van der Waals surface area (Å²) >= 11 is 1.75. The maximum atomic E-state index is 13.8. The van der Waals surface area contributed by atoms with E-state index in [1.807, 2.05) is 43.3 Å². The van der Waals surface area contributed by atoms with Gasteiger partial charge in [0, 0.05) is 0 Å². The number of ketones is 2. The molecule has 0 unspecified atom stereocenters. The zero-order valence-electron chi connectivity index (χ0n) is 29.0. The molecule has 52 heavy (non-hydrogen) atoms. The number of hydrogen-bond acceptors (Lipinski definition) is 3. The molecule has 1 heterocycles. The van der Waals surface area contributed by atoms with Crippen LogP contribution in [0.4, 0.5) is 0 Å². The number of allylic oxidation sites excluding steroid dienone is 6. The van der Waals surface area contributed by atoms with Crippen LogP contribution in [0.2, 0.25) is 0 Å². The first-order chi connectivity index (χ1) is 25.5. The average molecular weight is 871 g/mol. The zero-order chi connectivity index (χ0) is 36.1. The van der Waals surface area contributed by atoms with Crippen LogP contribution >= 0.6 is 7.26 Å². The Morgan fingerprint density at radius 1 is 0.635 bits per heavy atom. The van der Waals surface area contributed by atoms with E-state index in [4.69, 9.17) is 4.74 Å². The Morgan fingerprint density at radius 3 is 1.58 bits per heavy atom. The van der Waals surface area contributed by atoms with E-state index in [9.17, 15) is 9.59 Å². The third kappa shape index (κ3) is 6.57. The minimum absolute atomic E-state index is 0.126. The van der Waals surface area contributed by atoms with Gasteiger partial charge >= 0.3 is 293 Å². The summed E-state index contributed by atoms with van der Waals surface area (Å²) in [4.78, 5) is 27.5. The van der Waals surface area contributed by atoms with Crippen molar-refractivity contribution in [1.82, 2.24) is 0 Å². The van der Waals surface area contributed by atoms with Crippen molar-refractivity contribution in [3.63, 3.8) is 0 Å². The number of fused-ring (bicyclic) bond motifs is 2. The first kappa shape index (κ1) is 35.4. The Balaban J connectivity index is 1.45. The number of benzene rings is 5. The molecule has 7 rings (SSSR count). The molecular weight excluding hydrogens is 834 g/mol. The summed E-state index contributed by atoms with van der Waals surface area (Å²) in [5.74, 6) is -0.261. The number of rotatable bonds is 8. The second-order valence-corrected chi connectivity index (χ2v) is 16.6. The van der Waals surface area contributed by atoms with Crippen molar-refractivity contribution in [3.8, 4) is 4.37 Å². The van der Waals surface area contributed by atoms with Crippen LogP contribution in [0.1, 0.15) is 56.8 Å². The van der Waals surface area contributed by atoms with Crippen molar-refractivity contribution in [3.05, 3.63) is 207 Å². The molecule has 5 heteroatoms. The SMILES string of the molecule is CC=C1COCC1=CC(/C=C/c1ccc2c(c1)C(=O)c1ccc(/C=C/C)cc1C2=O)=C([C]#[Os])[P+](c1ccccc1)(c1ccccc1)c1ccccc1. The Kier molecular flexibility index (Phi) is 10.7. The first-order valence-corrected chi connectivity index (χ1v) is 20.3. The molecule has 5 aromatic carbocycles. The normalized spacial score (nSPS) is 16.3. The van der Waals surface area contributed by atoms with Crippen LogP contribution in [-0.4, -0.2) is 24.8 Å². The molecule has 0 radical (unpaired) electrons. The fourth-order valence-electron chi connectivity index (χ4n) is 7.11. The molecular formula is C47H37O3OsP+. The van der Waals surface area contributed by atoms with Crippen LogP contribution in [0.3, 0.4) is 0 Å². The van der Waals surface area contributed by atoms with Crippen molar-refractivity contribution in [1.29, 1.82) is 0 Å². The number of hydrogen-bond donors (Lipinski definition) is 0. The standard InChI is InChI=1S/C47H37O3P.Os/c1-4-15-34-23-26-42-44(28-34)46(48)43-27-24-35(29-45(43)47(42)49)22-25-37(30-38-32-50-31-36(38)5-2)33(3)51(39-16-9-6-10-17-39,40-18-11-7-12-19-40)41-20-13-8-14-21-41;/h4-30H,31-32H2,1-2H3;/q+1;/b15-4+,25-22+,36-5?,37-33?,38-30?;. The van der Waals surface area contributed by atoms with E-state index in [2.05, 4.69) is 127 Å². The van der Waals surface area contributed by atoms with E-state index < -0.39 is 7.26 Å². The van der Waals surface area contributed by atoms with Gasteiger partial charge in [0.15, 0.2) is 0 Å². The van der Waals surface area contributed by atoms with Crippen LogP contribution in [0, 0.1) is 4.37 Å². The summed E-state index contributed by atoms with van der Waals surface area (Å²) in [6, 6.07) is 43.4. The van der Waals surface area contributed by atoms with Crippen molar-refractivity contribution in [2.75, 3.05) is 13.2 Å². The summed E-state index contributed by atoms with van der Waals surface area (Å²) in [7, 11) is -2.49. The molecule has 0 atom stereocenters. The van der Waals surface area contributed by atoms with Gasteiger partial charge in [0.25, 0.3) is 0 Å². The predicted octanol–water partition coefficient (Wildman–Crippen LogP) is 9.17. The summed E-state index contributed by atoms with van der Waals surface area (Å²) in [5.41, 5.74) is 6.80. The number of carbonyl (C=O) groups is 2. The van der Waals surface area contributed by atoms with Gasteiger partial charge in [-0.3, -0.25) is 0 Å².